The summed E-state index contributed by atoms with van der Waals surface area (Å²) >= 11 is 0. The quantitative estimate of drug-likeness (QED) is 0.553. The van der Waals surface area contributed by atoms with Crippen LogP contribution in [0.2, 0.25) is 0 Å². The maximum Gasteiger partial charge on any atom is 0.407 e. The zero-order chi connectivity index (χ0) is 24.3. The lowest BCUT2D eigenvalue weighted by Gasteiger charge is -2.32. The molecule has 1 heterocycles. The minimum absolute atomic E-state index is 0.0000322. The number of ether oxygens (including phenoxy) is 3. The van der Waals surface area contributed by atoms with E-state index in [9.17, 15) is 14.4 Å². The first-order valence-corrected chi connectivity index (χ1v) is 11.5. The van der Waals surface area contributed by atoms with Gasteiger partial charge in [0.05, 0.1) is 6.61 Å². The van der Waals surface area contributed by atoms with E-state index in [4.69, 9.17) is 14.2 Å². The van der Waals surface area contributed by atoms with Gasteiger partial charge in [0, 0.05) is 32.6 Å². The normalized spacial score (nSPS) is 14.4. The summed E-state index contributed by atoms with van der Waals surface area (Å²) < 4.78 is 16.1. The Kier molecular flexibility index (Phi) is 10.3. The van der Waals surface area contributed by atoms with Gasteiger partial charge in [-0.15, -0.1) is 0 Å². The second-order valence-electron chi connectivity index (χ2n) is 9.00. The lowest BCUT2D eigenvalue weighted by molar-refractivity contribution is -0.135. The van der Waals surface area contributed by atoms with E-state index in [-0.39, 0.29) is 31.4 Å². The highest BCUT2D eigenvalue weighted by molar-refractivity contribution is 5.78. The maximum atomic E-state index is 12.4. The van der Waals surface area contributed by atoms with Crippen molar-refractivity contribution in [2.45, 2.75) is 52.6 Å². The Morgan fingerprint density at radius 2 is 1.61 bits per heavy atom. The first kappa shape index (κ1) is 26.3. The third kappa shape index (κ3) is 10.5. The summed E-state index contributed by atoms with van der Waals surface area (Å²) in [5.74, 6) is 1.56. The van der Waals surface area contributed by atoms with Crippen LogP contribution in [0.15, 0.2) is 24.3 Å². The van der Waals surface area contributed by atoms with Gasteiger partial charge in [-0.2, -0.15) is 0 Å². The molecule has 2 rings (SSSR count). The fourth-order valence-electron chi connectivity index (χ4n) is 3.36. The number of carbonyl (C=O) groups is 3. The number of nitrogens with one attached hydrogen (secondary N) is 2. The first-order chi connectivity index (χ1) is 15.7. The molecule has 0 saturated carbocycles. The Morgan fingerprint density at radius 3 is 2.18 bits per heavy atom. The highest BCUT2D eigenvalue weighted by Crippen LogP contribution is 2.19. The van der Waals surface area contributed by atoms with Gasteiger partial charge < -0.3 is 29.7 Å². The Bertz CT molecular complexity index is 767. The average Bonchev–Trinajstić information content (AvgIpc) is 2.76. The third-order valence-corrected chi connectivity index (χ3v) is 5.07. The molecule has 1 saturated heterocycles. The molecule has 1 aliphatic rings. The topological polar surface area (TPSA) is 106 Å². The molecule has 33 heavy (non-hydrogen) atoms. The summed E-state index contributed by atoms with van der Waals surface area (Å²) in [6.45, 7) is 9.96. The van der Waals surface area contributed by atoms with Crippen molar-refractivity contribution in [3.05, 3.63) is 24.3 Å². The van der Waals surface area contributed by atoms with Crippen molar-refractivity contribution in [3.63, 3.8) is 0 Å². The number of rotatable bonds is 10. The van der Waals surface area contributed by atoms with Crippen molar-refractivity contribution in [1.29, 1.82) is 0 Å². The minimum atomic E-state index is -0.565. The standard InChI is InChI=1S/C24H37N3O6/c1-5-31-19-6-8-20(9-7-19)32-17-22(29)27-14-11-18(12-15-27)16-26-21(28)10-13-25-23(30)33-24(2,3)4/h6-9,18H,5,10-17H2,1-4H3,(H,25,30)(H,26,28). The van der Waals surface area contributed by atoms with Gasteiger partial charge in [-0.1, -0.05) is 0 Å². The van der Waals surface area contributed by atoms with E-state index >= 15 is 0 Å². The number of piperidine rings is 1. The fraction of sp³-hybridized carbons (Fsp3) is 0.625. The van der Waals surface area contributed by atoms with Gasteiger partial charge in [0.25, 0.3) is 5.91 Å². The Hall–Kier alpha value is -2.97. The summed E-state index contributed by atoms with van der Waals surface area (Å²) in [7, 11) is 0. The molecule has 9 heteroatoms. The van der Waals surface area contributed by atoms with Crippen LogP contribution in [-0.4, -0.2) is 67.8 Å². The van der Waals surface area contributed by atoms with Crippen LogP contribution in [0.4, 0.5) is 4.79 Å². The van der Waals surface area contributed by atoms with Crippen LogP contribution in [0.5, 0.6) is 11.5 Å². The predicted molar refractivity (Wildman–Crippen MR) is 124 cm³/mol. The van der Waals surface area contributed by atoms with E-state index in [2.05, 4.69) is 10.6 Å². The van der Waals surface area contributed by atoms with Gasteiger partial charge in [-0.3, -0.25) is 9.59 Å². The van der Waals surface area contributed by atoms with Crippen molar-refractivity contribution < 1.29 is 28.6 Å². The number of benzene rings is 1. The van der Waals surface area contributed by atoms with Crippen LogP contribution in [0.3, 0.4) is 0 Å². The van der Waals surface area contributed by atoms with E-state index in [0.717, 1.165) is 18.6 Å². The molecular formula is C24H37N3O6. The molecular weight excluding hydrogens is 426 g/mol. The van der Waals surface area contributed by atoms with E-state index in [1.165, 1.54) is 0 Å². The number of amides is 3. The molecule has 3 amide bonds. The second-order valence-corrected chi connectivity index (χ2v) is 9.00. The number of hydrogen-bond acceptors (Lipinski definition) is 6. The van der Waals surface area contributed by atoms with Crippen LogP contribution in [0.1, 0.15) is 47.0 Å². The average molecular weight is 464 g/mol. The molecule has 2 N–H and O–H groups in total. The van der Waals surface area contributed by atoms with Crippen LogP contribution in [0, 0.1) is 5.92 Å². The zero-order valence-corrected chi connectivity index (χ0v) is 20.1. The number of likely N-dealkylation sites (tertiary alicyclic amines) is 1. The van der Waals surface area contributed by atoms with Gasteiger partial charge in [0.2, 0.25) is 5.91 Å². The Balaban J connectivity index is 1.58. The molecule has 0 atom stereocenters. The summed E-state index contributed by atoms with van der Waals surface area (Å²) in [4.78, 5) is 37.8. The highest BCUT2D eigenvalue weighted by atomic mass is 16.6. The van der Waals surface area contributed by atoms with Crippen molar-refractivity contribution in [3.8, 4) is 11.5 Å². The molecule has 0 radical (unpaired) electrons. The number of hydrogen-bond donors (Lipinski definition) is 2. The Morgan fingerprint density at radius 1 is 1.00 bits per heavy atom. The largest absolute Gasteiger partial charge is 0.494 e. The molecule has 1 fully saturated rings. The van der Waals surface area contributed by atoms with Gasteiger partial charge in [0.1, 0.15) is 17.1 Å². The molecule has 0 spiro atoms. The zero-order valence-electron chi connectivity index (χ0n) is 20.1. The monoisotopic (exact) mass is 463 g/mol. The van der Waals surface area contributed by atoms with Crippen LogP contribution >= 0.6 is 0 Å². The van der Waals surface area contributed by atoms with Gasteiger partial charge in [-0.05, 0) is 70.7 Å². The lowest BCUT2D eigenvalue weighted by Crippen LogP contribution is -2.43. The lowest BCUT2D eigenvalue weighted by atomic mass is 9.96. The summed E-state index contributed by atoms with van der Waals surface area (Å²) in [5, 5.41) is 5.48. The molecule has 0 aliphatic carbocycles. The Labute approximate surface area is 196 Å². The van der Waals surface area contributed by atoms with E-state index in [1.54, 1.807) is 37.8 Å². The van der Waals surface area contributed by atoms with Crippen molar-refractivity contribution in [2.24, 2.45) is 5.92 Å². The number of alkyl carbamates (subject to hydrolysis) is 1. The molecule has 9 nitrogen and oxygen atoms in total. The van der Waals surface area contributed by atoms with Crippen molar-refractivity contribution in [1.82, 2.24) is 15.5 Å². The van der Waals surface area contributed by atoms with E-state index in [0.29, 0.717) is 37.9 Å². The SMILES string of the molecule is CCOc1ccc(OCC(=O)N2CCC(CNC(=O)CCNC(=O)OC(C)(C)C)CC2)cc1. The number of carbonyl (C=O) groups excluding carboxylic acids is 3. The van der Waals surface area contributed by atoms with Gasteiger partial charge in [-0.25, -0.2) is 4.79 Å². The fourth-order valence-corrected chi connectivity index (χ4v) is 3.36. The van der Waals surface area contributed by atoms with E-state index < -0.39 is 11.7 Å². The molecule has 1 aliphatic heterocycles. The number of nitrogens with zero attached hydrogens (tertiary/aromatic N) is 1. The predicted octanol–water partition coefficient (Wildman–Crippen LogP) is 2.73. The molecule has 184 valence electrons. The molecule has 0 aromatic heterocycles. The smallest absolute Gasteiger partial charge is 0.407 e. The summed E-state index contributed by atoms with van der Waals surface area (Å²) in [5.41, 5.74) is -0.565. The van der Waals surface area contributed by atoms with Crippen LogP contribution in [-0.2, 0) is 14.3 Å². The van der Waals surface area contributed by atoms with E-state index in [1.807, 2.05) is 19.1 Å². The first-order valence-electron chi connectivity index (χ1n) is 11.5. The molecule has 1 aromatic carbocycles. The summed E-state index contributed by atoms with van der Waals surface area (Å²) in [6.07, 6.45) is 1.31. The second kappa shape index (κ2) is 12.9. The van der Waals surface area contributed by atoms with Crippen LogP contribution in [0.25, 0.3) is 0 Å². The third-order valence-electron chi connectivity index (χ3n) is 5.07. The molecule has 0 bridgehead atoms. The van der Waals surface area contributed by atoms with Crippen LogP contribution < -0.4 is 20.1 Å². The maximum absolute atomic E-state index is 12.4. The van der Waals surface area contributed by atoms with Gasteiger partial charge >= 0.3 is 6.09 Å². The highest BCUT2D eigenvalue weighted by Gasteiger charge is 2.23. The van der Waals surface area contributed by atoms with Gasteiger partial charge in [0.15, 0.2) is 6.61 Å². The summed E-state index contributed by atoms with van der Waals surface area (Å²) in [6, 6.07) is 7.21. The molecule has 1 aromatic rings. The van der Waals surface area contributed by atoms with Crippen molar-refractivity contribution in [2.75, 3.05) is 39.4 Å². The minimum Gasteiger partial charge on any atom is -0.494 e. The molecule has 0 unspecified atom stereocenters. The van der Waals surface area contributed by atoms with Crippen molar-refractivity contribution >= 4 is 17.9 Å².